The van der Waals surface area contributed by atoms with Gasteiger partial charge in [-0.15, -0.1) is 0 Å². The van der Waals surface area contributed by atoms with Crippen LogP contribution >= 0.6 is 11.3 Å². The first kappa shape index (κ1) is 18.7. The highest BCUT2D eigenvalue weighted by Gasteiger charge is 2.19. The second-order valence-corrected chi connectivity index (χ2v) is 6.61. The van der Waals surface area contributed by atoms with E-state index >= 15 is 0 Å². The number of aromatic nitrogens is 1. The number of nitrogens with zero attached hydrogens (tertiary/aromatic N) is 2. The molecule has 1 heterocycles. The van der Waals surface area contributed by atoms with Crippen LogP contribution in [0.1, 0.15) is 12.6 Å². The third kappa shape index (κ3) is 4.93. The number of ether oxygens (including phenoxy) is 1. The number of hydrogen-bond acceptors (Lipinski definition) is 6. The van der Waals surface area contributed by atoms with Crippen LogP contribution < -0.4 is 15.1 Å². The average Bonchev–Trinajstić information content (AvgIpc) is 2.87. The number of benzene rings is 1. The summed E-state index contributed by atoms with van der Waals surface area (Å²) in [4.78, 5) is 37.4. The molecule has 0 spiro atoms. The Morgan fingerprint density at radius 3 is 2.44 bits per heavy atom. The second kappa shape index (κ2) is 7.98. The number of rotatable bonds is 6. The van der Waals surface area contributed by atoms with E-state index in [0.717, 1.165) is 17.0 Å². The summed E-state index contributed by atoms with van der Waals surface area (Å²) in [7, 11) is 3.85. The van der Waals surface area contributed by atoms with E-state index in [-0.39, 0.29) is 11.4 Å². The Morgan fingerprint density at radius 2 is 1.92 bits per heavy atom. The highest BCUT2D eigenvalue weighted by atomic mass is 32.1. The minimum Gasteiger partial charge on any atom is -0.451 e. The van der Waals surface area contributed by atoms with E-state index in [1.54, 1.807) is 24.4 Å². The molecule has 0 saturated heterocycles. The number of hydrogen-bond donors (Lipinski definition) is 1. The van der Waals surface area contributed by atoms with Crippen LogP contribution in [0, 0.1) is 6.92 Å². The van der Waals surface area contributed by atoms with Crippen molar-refractivity contribution in [3.8, 4) is 0 Å². The number of aryl methyl sites for hydroxylation is 1. The van der Waals surface area contributed by atoms with Gasteiger partial charge in [0, 0.05) is 36.5 Å². The number of carbonyl (C=O) groups excluding carboxylic acids is 2. The molecule has 0 fully saturated rings. The summed E-state index contributed by atoms with van der Waals surface area (Å²) >= 11 is 1.02. The molecule has 2 rings (SSSR count). The molecule has 0 bridgehead atoms. The summed E-state index contributed by atoms with van der Waals surface area (Å²) in [5.41, 5.74) is 2.31. The van der Waals surface area contributed by atoms with E-state index in [4.69, 9.17) is 4.74 Å². The number of carbonyl (C=O) groups is 2. The van der Waals surface area contributed by atoms with Crippen molar-refractivity contribution in [3.63, 3.8) is 0 Å². The Hall–Kier alpha value is -2.61. The van der Waals surface area contributed by atoms with Crippen LogP contribution in [0.25, 0.3) is 0 Å². The first-order chi connectivity index (χ1) is 11.8. The first-order valence-electron chi connectivity index (χ1n) is 7.70. The zero-order valence-electron chi connectivity index (χ0n) is 14.6. The molecule has 8 heteroatoms. The number of anilines is 2. The molecule has 2 aromatic rings. The van der Waals surface area contributed by atoms with Gasteiger partial charge in [0.05, 0.1) is 0 Å². The van der Waals surface area contributed by atoms with E-state index in [9.17, 15) is 14.4 Å². The molecular formula is C17H21N3O4S. The van der Waals surface area contributed by atoms with Crippen molar-refractivity contribution in [2.45, 2.75) is 26.5 Å². The van der Waals surface area contributed by atoms with Gasteiger partial charge in [0.15, 0.2) is 6.10 Å². The Morgan fingerprint density at radius 1 is 1.28 bits per heavy atom. The van der Waals surface area contributed by atoms with Crippen LogP contribution in [0.3, 0.4) is 0 Å². The topological polar surface area (TPSA) is 80.6 Å². The number of thiazole rings is 1. The van der Waals surface area contributed by atoms with Crippen LogP contribution in [-0.4, -0.2) is 36.6 Å². The lowest BCUT2D eigenvalue weighted by molar-refractivity contribution is -0.153. The van der Waals surface area contributed by atoms with Gasteiger partial charge in [0.1, 0.15) is 6.54 Å². The second-order valence-electron chi connectivity index (χ2n) is 5.79. The predicted molar refractivity (Wildman–Crippen MR) is 98.3 cm³/mol. The molecular weight excluding hydrogens is 342 g/mol. The zero-order valence-corrected chi connectivity index (χ0v) is 15.4. The van der Waals surface area contributed by atoms with E-state index in [0.29, 0.717) is 11.4 Å². The van der Waals surface area contributed by atoms with Gasteiger partial charge >= 0.3 is 10.8 Å². The highest BCUT2D eigenvalue weighted by Crippen LogP contribution is 2.16. The van der Waals surface area contributed by atoms with Crippen LogP contribution in [-0.2, 0) is 20.9 Å². The maximum absolute atomic E-state index is 12.1. The fourth-order valence-corrected chi connectivity index (χ4v) is 2.83. The molecule has 0 aliphatic carbocycles. The maximum atomic E-state index is 12.1. The average molecular weight is 363 g/mol. The molecule has 1 atom stereocenters. The van der Waals surface area contributed by atoms with Gasteiger partial charge in [-0.3, -0.25) is 19.0 Å². The fraction of sp³-hybridized carbons (Fsp3) is 0.353. The normalized spacial score (nSPS) is 11.7. The van der Waals surface area contributed by atoms with Crippen LogP contribution in [0.4, 0.5) is 11.4 Å². The number of amides is 1. The molecule has 0 saturated carbocycles. The van der Waals surface area contributed by atoms with Gasteiger partial charge in [-0.05, 0) is 38.1 Å². The third-order valence-electron chi connectivity index (χ3n) is 3.59. The molecule has 0 unspecified atom stereocenters. The van der Waals surface area contributed by atoms with E-state index < -0.39 is 18.0 Å². The van der Waals surface area contributed by atoms with Crippen molar-refractivity contribution in [2.75, 3.05) is 24.3 Å². The molecule has 1 N–H and O–H groups in total. The van der Waals surface area contributed by atoms with Crippen LogP contribution in [0.2, 0.25) is 0 Å². The summed E-state index contributed by atoms with van der Waals surface area (Å²) in [6.45, 7) is 3.02. The van der Waals surface area contributed by atoms with Gasteiger partial charge in [0.25, 0.3) is 5.91 Å². The predicted octanol–water partition coefficient (Wildman–Crippen LogP) is 1.85. The lowest BCUT2D eigenvalue weighted by Crippen LogP contribution is -2.32. The minimum atomic E-state index is -0.962. The Kier molecular flexibility index (Phi) is 5.97. The molecule has 134 valence electrons. The summed E-state index contributed by atoms with van der Waals surface area (Å²) in [5, 5.41) is 4.36. The monoisotopic (exact) mass is 363 g/mol. The van der Waals surface area contributed by atoms with Crippen molar-refractivity contribution >= 4 is 34.6 Å². The van der Waals surface area contributed by atoms with Gasteiger partial charge in [-0.25, -0.2) is 0 Å². The van der Waals surface area contributed by atoms with Crippen molar-refractivity contribution in [1.82, 2.24) is 4.57 Å². The van der Waals surface area contributed by atoms with Gasteiger partial charge in [0.2, 0.25) is 0 Å². The van der Waals surface area contributed by atoms with E-state index in [1.807, 2.05) is 31.1 Å². The van der Waals surface area contributed by atoms with Crippen LogP contribution in [0.15, 0.2) is 34.4 Å². The molecule has 7 nitrogen and oxygen atoms in total. The summed E-state index contributed by atoms with van der Waals surface area (Å²) < 4.78 is 6.43. The highest BCUT2D eigenvalue weighted by molar-refractivity contribution is 7.07. The molecule has 0 aliphatic rings. The lowest BCUT2D eigenvalue weighted by Gasteiger charge is -2.15. The maximum Gasteiger partial charge on any atom is 0.326 e. The smallest absolute Gasteiger partial charge is 0.326 e. The van der Waals surface area contributed by atoms with Gasteiger partial charge < -0.3 is 15.0 Å². The van der Waals surface area contributed by atoms with Gasteiger partial charge in [-0.2, -0.15) is 0 Å². The summed E-state index contributed by atoms with van der Waals surface area (Å²) in [6, 6.07) is 7.29. The molecule has 0 radical (unpaired) electrons. The number of esters is 1. The fourth-order valence-electron chi connectivity index (χ4n) is 2.10. The lowest BCUT2D eigenvalue weighted by atomic mass is 10.2. The molecule has 25 heavy (non-hydrogen) atoms. The molecule has 1 aromatic heterocycles. The Bertz CT molecular complexity index is 808. The largest absolute Gasteiger partial charge is 0.451 e. The molecule has 0 aliphatic heterocycles. The van der Waals surface area contributed by atoms with Crippen molar-refractivity contribution in [2.24, 2.45) is 0 Å². The van der Waals surface area contributed by atoms with Gasteiger partial charge in [-0.1, -0.05) is 11.3 Å². The summed E-state index contributed by atoms with van der Waals surface area (Å²) in [6.07, 6.45) is -0.962. The SMILES string of the molecule is Cc1csc(=O)n1CC(=O)O[C@H](C)C(=O)Nc1ccc(N(C)C)cc1. The standard InChI is InChI=1S/C17H21N3O4S/c1-11-10-25-17(23)20(11)9-15(21)24-12(2)16(22)18-13-5-7-14(8-6-13)19(3)4/h5-8,10,12H,9H2,1-4H3,(H,18,22)/t12-/m1/s1. The first-order valence-corrected chi connectivity index (χ1v) is 8.58. The quantitative estimate of drug-likeness (QED) is 0.793. The Balaban J connectivity index is 1.91. The molecule has 1 amide bonds. The van der Waals surface area contributed by atoms with Crippen molar-refractivity contribution in [1.29, 1.82) is 0 Å². The summed E-state index contributed by atoms with van der Waals surface area (Å²) in [5.74, 6) is -1.06. The third-order valence-corrected chi connectivity index (χ3v) is 4.47. The Labute approximate surface area is 149 Å². The van der Waals surface area contributed by atoms with E-state index in [1.165, 1.54) is 11.5 Å². The van der Waals surface area contributed by atoms with Crippen LogP contribution in [0.5, 0.6) is 0 Å². The van der Waals surface area contributed by atoms with Crippen molar-refractivity contribution < 1.29 is 14.3 Å². The zero-order chi connectivity index (χ0) is 18.6. The van der Waals surface area contributed by atoms with Crippen molar-refractivity contribution in [3.05, 3.63) is 45.0 Å². The van der Waals surface area contributed by atoms with E-state index in [2.05, 4.69) is 5.32 Å². The molecule has 1 aromatic carbocycles. The minimum absolute atomic E-state index is 0.205. The number of nitrogens with one attached hydrogen (secondary N) is 1.